The number of rotatable bonds is 3. The molecule has 2 atom stereocenters. The highest BCUT2D eigenvalue weighted by Crippen LogP contribution is 2.49. The molecule has 3 aliphatic rings. The minimum Gasteiger partial charge on any atom is -0.434 e. The molecule has 12 heteroatoms. The Bertz CT molecular complexity index is 1470. The third-order valence-corrected chi connectivity index (χ3v) is 7.73. The van der Waals surface area contributed by atoms with Gasteiger partial charge < -0.3 is 24.3 Å². The largest absolute Gasteiger partial charge is 0.497 e. The molecule has 0 amide bonds. The van der Waals surface area contributed by atoms with E-state index in [0.717, 1.165) is 6.34 Å². The van der Waals surface area contributed by atoms with Crippen LogP contribution >= 0.6 is 0 Å². The van der Waals surface area contributed by atoms with E-state index in [9.17, 15) is 8.78 Å². The Kier molecular flexibility index (Phi) is 5.23. The highest BCUT2D eigenvalue weighted by atomic mass is 19.3. The molecule has 3 aromatic rings. The van der Waals surface area contributed by atoms with Crippen LogP contribution in [0.1, 0.15) is 63.2 Å². The maximum atomic E-state index is 15.3. The van der Waals surface area contributed by atoms with E-state index in [-0.39, 0.29) is 11.2 Å². The average molecular weight is 511 g/mol. The number of benzene rings is 2. The van der Waals surface area contributed by atoms with Gasteiger partial charge in [0.25, 0.3) is 0 Å². The molecule has 37 heavy (non-hydrogen) atoms. The molecule has 0 aliphatic carbocycles. The van der Waals surface area contributed by atoms with E-state index in [1.54, 1.807) is 18.2 Å². The smallest absolute Gasteiger partial charge is 0.434 e. The first-order valence-corrected chi connectivity index (χ1v) is 12.0. The van der Waals surface area contributed by atoms with Gasteiger partial charge in [-0.05, 0) is 39.8 Å². The molecular formula is C25H25BF3N5O3. The van der Waals surface area contributed by atoms with Crippen LogP contribution in [0.3, 0.4) is 0 Å². The fourth-order valence-corrected chi connectivity index (χ4v) is 5.32. The summed E-state index contributed by atoms with van der Waals surface area (Å²) >= 11 is 0. The van der Waals surface area contributed by atoms with E-state index >= 15 is 4.39 Å². The molecule has 2 aromatic carbocycles. The summed E-state index contributed by atoms with van der Waals surface area (Å²) in [5, 5.41) is 0. The Hall–Kier alpha value is -3.38. The number of nitrogens with zero attached hydrogens (tertiary/aromatic N) is 4. The van der Waals surface area contributed by atoms with E-state index in [2.05, 4.69) is 9.98 Å². The van der Waals surface area contributed by atoms with Crippen LogP contribution in [0, 0.1) is 5.82 Å². The monoisotopic (exact) mass is 511 g/mol. The van der Waals surface area contributed by atoms with Crippen molar-refractivity contribution in [2.24, 2.45) is 15.7 Å². The highest BCUT2D eigenvalue weighted by molar-refractivity contribution is 6.62. The van der Waals surface area contributed by atoms with Gasteiger partial charge >= 0.3 is 13.7 Å². The standard InChI is InChI=1S/C25H25BF3N5O3/c1-24(2)25(3,4)37-26(36-24)13-8-17-15(9-14(13)27)33-22-16-10-18(34(17)22)20-12(21(32-16)31-11-30)6-5-7-19(20)35-23(28)29/h5-9,11,16,18,23H,10H2,1-4H3,(H2,30,31,32). The van der Waals surface area contributed by atoms with Gasteiger partial charge in [-0.15, -0.1) is 0 Å². The van der Waals surface area contributed by atoms with Crippen molar-refractivity contribution in [3.8, 4) is 5.75 Å². The Morgan fingerprint density at radius 2 is 1.95 bits per heavy atom. The van der Waals surface area contributed by atoms with Crippen molar-refractivity contribution in [3.63, 3.8) is 0 Å². The van der Waals surface area contributed by atoms with E-state index in [1.807, 2.05) is 32.3 Å². The number of hydrogen-bond acceptors (Lipinski definition) is 6. The van der Waals surface area contributed by atoms with Gasteiger partial charge in [-0.2, -0.15) is 8.78 Å². The lowest BCUT2D eigenvalue weighted by Crippen LogP contribution is -2.41. The molecule has 6 rings (SSSR count). The minimum absolute atomic E-state index is 0.0149. The molecule has 0 spiro atoms. The molecule has 2 unspecified atom stereocenters. The van der Waals surface area contributed by atoms with Crippen molar-refractivity contribution >= 4 is 35.8 Å². The number of hydrogen-bond donors (Lipinski definition) is 1. The fraction of sp³-hybridized carbons (Fsp3) is 0.400. The van der Waals surface area contributed by atoms with Gasteiger partial charge in [-0.25, -0.2) is 14.4 Å². The molecule has 8 nitrogen and oxygen atoms in total. The molecule has 2 N–H and O–H groups in total. The lowest BCUT2D eigenvalue weighted by atomic mass is 9.78. The van der Waals surface area contributed by atoms with Gasteiger partial charge in [-0.3, -0.25) is 4.99 Å². The summed E-state index contributed by atoms with van der Waals surface area (Å²) in [6.07, 6.45) is 1.55. The summed E-state index contributed by atoms with van der Waals surface area (Å²) in [6.45, 7) is 4.57. The molecule has 1 fully saturated rings. The molecule has 192 valence electrons. The van der Waals surface area contributed by atoms with E-state index in [0.29, 0.717) is 40.2 Å². The van der Waals surface area contributed by atoms with Gasteiger partial charge in [0.2, 0.25) is 0 Å². The molecule has 1 aromatic heterocycles. The zero-order chi connectivity index (χ0) is 26.3. The number of halogens is 3. The summed E-state index contributed by atoms with van der Waals surface area (Å²) < 4.78 is 61.1. The van der Waals surface area contributed by atoms with E-state index < -0.39 is 42.8 Å². The first kappa shape index (κ1) is 24.0. The molecule has 4 heterocycles. The SMILES string of the molecule is CC1(C)OB(c2cc3c(cc2F)nc2n3C3CC2N=C(N=CN)c2cccc(OC(F)F)c23)OC1(C)C. The zero-order valence-corrected chi connectivity index (χ0v) is 20.7. The summed E-state index contributed by atoms with van der Waals surface area (Å²) in [4.78, 5) is 13.6. The van der Waals surface area contributed by atoms with Crippen molar-refractivity contribution in [1.82, 2.24) is 9.55 Å². The maximum Gasteiger partial charge on any atom is 0.497 e. The number of imidazole rings is 1. The Morgan fingerprint density at radius 1 is 1.22 bits per heavy atom. The number of alkyl halides is 2. The number of amidine groups is 1. The summed E-state index contributed by atoms with van der Waals surface area (Å²) in [5.41, 5.74) is 6.56. The first-order chi connectivity index (χ1) is 17.5. The quantitative estimate of drug-likeness (QED) is 0.328. The van der Waals surface area contributed by atoms with Crippen LogP contribution in [0.25, 0.3) is 11.0 Å². The van der Waals surface area contributed by atoms with Gasteiger partial charge in [0.15, 0.2) is 5.84 Å². The predicted molar refractivity (Wildman–Crippen MR) is 133 cm³/mol. The third kappa shape index (κ3) is 3.57. The molecule has 0 radical (unpaired) electrons. The second-order valence-electron chi connectivity index (χ2n) is 10.4. The zero-order valence-electron chi connectivity index (χ0n) is 20.7. The number of ether oxygens (including phenoxy) is 1. The maximum absolute atomic E-state index is 15.3. The van der Waals surface area contributed by atoms with Crippen molar-refractivity contribution in [2.75, 3.05) is 0 Å². The van der Waals surface area contributed by atoms with Crippen molar-refractivity contribution in [2.45, 2.75) is 64.0 Å². The second-order valence-corrected chi connectivity index (χ2v) is 10.4. The summed E-state index contributed by atoms with van der Waals surface area (Å²) in [6, 6.07) is 6.95. The fourth-order valence-electron chi connectivity index (χ4n) is 5.32. The molecular weight excluding hydrogens is 486 g/mol. The number of fused-ring (bicyclic) bond motifs is 9. The number of nitrogens with two attached hydrogens (primary N) is 1. The van der Waals surface area contributed by atoms with Gasteiger partial charge in [-0.1, -0.05) is 12.1 Å². The lowest BCUT2D eigenvalue weighted by molar-refractivity contribution is -0.0506. The van der Waals surface area contributed by atoms with Crippen LogP contribution in [0.5, 0.6) is 5.75 Å². The van der Waals surface area contributed by atoms with Crippen molar-refractivity contribution < 1.29 is 27.2 Å². The lowest BCUT2D eigenvalue weighted by Gasteiger charge is -2.32. The van der Waals surface area contributed by atoms with E-state index in [4.69, 9.17) is 24.8 Å². The van der Waals surface area contributed by atoms with Crippen LogP contribution in [0.4, 0.5) is 13.2 Å². The Morgan fingerprint density at radius 3 is 2.62 bits per heavy atom. The topological polar surface area (TPSA) is 96.2 Å². The summed E-state index contributed by atoms with van der Waals surface area (Å²) in [7, 11) is -0.919. The van der Waals surface area contributed by atoms with Gasteiger partial charge in [0.1, 0.15) is 23.4 Å². The van der Waals surface area contributed by atoms with Crippen LogP contribution < -0.4 is 15.9 Å². The number of aliphatic imine (C=N–C) groups is 2. The minimum atomic E-state index is -3.02. The normalized spacial score (nSPS) is 23.5. The highest BCUT2D eigenvalue weighted by Gasteiger charge is 2.53. The summed E-state index contributed by atoms with van der Waals surface area (Å²) in [5.74, 6) is 0.380. The van der Waals surface area contributed by atoms with Gasteiger partial charge in [0, 0.05) is 29.1 Å². The van der Waals surface area contributed by atoms with Crippen LogP contribution in [0.2, 0.25) is 0 Å². The van der Waals surface area contributed by atoms with E-state index in [1.165, 1.54) is 12.1 Å². The molecule has 2 bridgehead atoms. The molecule has 3 aliphatic heterocycles. The van der Waals surface area contributed by atoms with Crippen molar-refractivity contribution in [3.05, 3.63) is 53.1 Å². The number of aromatic nitrogens is 2. The third-order valence-electron chi connectivity index (χ3n) is 7.73. The van der Waals surface area contributed by atoms with Crippen LogP contribution in [-0.2, 0) is 9.31 Å². The first-order valence-electron chi connectivity index (χ1n) is 12.0. The average Bonchev–Trinajstić information content (AvgIpc) is 3.35. The van der Waals surface area contributed by atoms with Crippen LogP contribution in [-0.4, -0.2) is 46.7 Å². The second kappa shape index (κ2) is 8.06. The van der Waals surface area contributed by atoms with Gasteiger partial charge in [0.05, 0.1) is 34.6 Å². The molecule has 0 saturated carbocycles. The predicted octanol–water partition coefficient (Wildman–Crippen LogP) is 3.86. The molecule has 1 saturated heterocycles. The van der Waals surface area contributed by atoms with Crippen molar-refractivity contribution in [1.29, 1.82) is 0 Å². The van der Waals surface area contributed by atoms with Crippen LogP contribution in [0.15, 0.2) is 40.3 Å². The Labute approximate surface area is 211 Å². The Balaban J connectivity index is 1.55.